The molecule has 3 rings (SSSR count). The molecule has 1 aliphatic heterocycles. The summed E-state index contributed by atoms with van der Waals surface area (Å²) in [6, 6.07) is 5.11. The minimum atomic E-state index is 0.830. The standard InChI is InChI=1S/C16H26N2O/c1-2-17-11-14-8-9-15(19-14)12-18-10-4-6-13-5-3-7-16(13)18/h8-9,13,16-17H,2-7,10-12H2,1H3. The minimum Gasteiger partial charge on any atom is -0.463 e. The zero-order valence-corrected chi connectivity index (χ0v) is 12.0. The Morgan fingerprint density at radius 1 is 1.21 bits per heavy atom. The van der Waals surface area contributed by atoms with Crippen molar-refractivity contribution in [1.29, 1.82) is 0 Å². The molecule has 2 heterocycles. The van der Waals surface area contributed by atoms with Crippen LogP contribution in [0.2, 0.25) is 0 Å². The summed E-state index contributed by atoms with van der Waals surface area (Å²) in [4.78, 5) is 2.66. The molecular weight excluding hydrogens is 236 g/mol. The summed E-state index contributed by atoms with van der Waals surface area (Å²) in [6.45, 7) is 6.23. The van der Waals surface area contributed by atoms with Gasteiger partial charge in [0.1, 0.15) is 11.5 Å². The first-order valence-corrected chi connectivity index (χ1v) is 7.89. The first-order chi connectivity index (χ1) is 9.36. The Labute approximate surface area is 116 Å². The third-order valence-corrected chi connectivity index (χ3v) is 4.73. The van der Waals surface area contributed by atoms with Gasteiger partial charge in [-0.15, -0.1) is 0 Å². The van der Waals surface area contributed by atoms with Crippen molar-refractivity contribution >= 4 is 0 Å². The molecule has 1 aromatic rings. The monoisotopic (exact) mass is 262 g/mol. The highest BCUT2D eigenvalue weighted by molar-refractivity contribution is 5.07. The van der Waals surface area contributed by atoms with Crippen LogP contribution >= 0.6 is 0 Å². The third-order valence-electron chi connectivity index (χ3n) is 4.73. The van der Waals surface area contributed by atoms with Crippen molar-refractivity contribution in [1.82, 2.24) is 10.2 Å². The summed E-state index contributed by atoms with van der Waals surface area (Å²) in [7, 11) is 0. The molecule has 2 fully saturated rings. The largest absolute Gasteiger partial charge is 0.463 e. The lowest BCUT2D eigenvalue weighted by Gasteiger charge is -2.37. The fourth-order valence-electron chi connectivity index (χ4n) is 3.80. The Balaban J connectivity index is 1.59. The van der Waals surface area contributed by atoms with E-state index >= 15 is 0 Å². The van der Waals surface area contributed by atoms with Gasteiger partial charge in [0, 0.05) is 6.04 Å². The Morgan fingerprint density at radius 3 is 2.95 bits per heavy atom. The second kappa shape index (κ2) is 6.10. The SMILES string of the molecule is CCNCc1ccc(CN2CCCC3CCCC32)o1. The molecule has 0 radical (unpaired) electrons. The summed E-state index contributed by atoms with van der Waals surface area (Å²) in [5.74, 6) is 3.17. The van der Waals surface area contributed by atoms with Crippen LogP contribution in [0.5, 0.6) is 0 Å². The van der Waals surface area contributed by atoms with Gasteiger partial charge < -0.3 is 9.73 Å². The smallest absolute Gasteiger partial charge is 0.118 e. The number of rotatable bonds is 5. The molecule has 2 unspecified atom stereocenters. The third kappa shape index (κ3) is 3.03. The molecule has 106 valence electrons. The number of nitrogens with one attached hydrogen (secondary N) is 1. The lowest BCUT2D eigenvalue weighted by atomic mass is 9.92. The van der Waals surface area contributed by atoms with E-state index in [1.165, 1.54) is 38.6 Å². The molecule has 19 heavy (non-hydrogen) atoms. The van der Waals surface area contributed by atoms with Gasteiger partial charge >= 0.3 is 0 Å². The summed E-state index contributed by atoms with van der Waals surface area (Å²) in [5, 5.41) is 3.31. The van der Waals surface area contributed by atoms with Crippen molar-refractivity contribution in [3.8, 4) is 0 Å². The van der Waals surface area contributed by atoms with E-state index in [2.05, 4.69) is 29.3 Å². The van der Waals surface area contributed by atoms with Gasteiger partial charge in [0.25, 0.3) is 0 Å². The van der Waals surface area contributed by atoms with Gasteiger partial charge in [-0.05, 0) is 56.8 Å². The molecule has 2 aliphatic rings. The quantitative estimate of drug-likeness (QED) is 0.883. The predicted octanol–water partition coefficient (Wildman–Crippen LogP) is 3.15. The first-order valence-electron chi connectivity index (χ1n) is 7.89. The van der Waals surface area contributed by atoms with Crippen molar-refractivity contribution < 1.29 is 4.42 Å². The maximum absolute atomic E-state index is 5.93. The Hall–Kier alpha value is -0.800. The van der Waals surface area contributed by atoms with E-state index in [1.807, 2.05) is 0 Å². The zero-order valence-electron chi connectivity index (χ0n) is 12.0. The number of hydrogen-bond donors (Lipinski definition) is 1. The summed E-state index contributed by atoms with van der Waals surface area (Å²) in [6.07, 6.45) is 7.09. The molecule has 1 aliphatic carbocycles. The summed E-state index contributed by atoms with van der Waals surface area (Å²) >= 11 is 0. The van der Waals surface area contributed by atoms with Crippen LogP contribution in [0.4, 0.5) is 0 Å². The second-order valence-corrected chi connectivity index (χ2v) is 6.02. The van der Waals surface area contributed by atoms with Gasteiger partial charge in [0.2, 0.25) is 0 Å². The number of fused-ring (bicyclic) bond motifs is 1. The van der Waals surface area contributed by atoms with E-state index in [-0.39, 0.29) is 0 Å². The Bertz CT molecular complexity index is 401. The molecule has 0 bridgehead atoms. The van der Waals surface area contributed by atoms with E-state index < -0.39 is 0 Å². The van der Waals surface area contributed by atoms with E-state index in [1.54, 1.807) is 0 Å². The topological polar surface area (TPSA) is 28.4 Å². The average molecular weight is 262 g/mol. The van der Waals surface area contributed by atoms with Gasteiger partial charge in [-0.2, -0.15) is 0 Å². The molecule has 1 N–H and O–H groups in total. The molecule has 1 aromatic heterocycles. The molecule has 1 saturated heterocycles. The Morgan fingerprint density at radius 2 is 2.05 bits per heavy atom. The van der Waals surface area contributed by atoms with Crippen LogP contribution in [-0.2, 0) is 13.1 Å². The lowest BCUT2D eigenvalue weighted by Crippen LogP contribution is -2.41. The maximum Gasteiger partial charge on any atom is 0.118 e. The number of furan rings is 1. The molecule has 2 atom stereocenters. The van der Waals surface area contributed by atoms with Crippen LogP contribution in [0.3, 0.4) is 0 Å². The molecule has 3 heteroatoms. The first kappa shape index (κ1) is 13.2. The average Bonchev–Trinajstić information content (AvgIpc) is 3.05. The van der Waals surface area contributed by atoms with Crippen LogP contribution in [-0.4, -0.2) is 24.0 Å². The highest BCUT2D eigenvalue weighted by atomic mass is 16.3. The minimum absolute atomic E-state index is 0.830. The lowest BCUT2D eigenvalue weighted by molar-refractivity contribution is 0.0974. The van der Waals surface area contributed by atoms with Crippen LogP contribution in [0.15, 0.2) is 16.5 Å². The van der Waals surface area contributed by atoms with E-state index in [0.717, 1.165) is 43.1 Å². The Kier molecular flexibility index (Phi) is 4.24. The number of hydrogen-bond acceptors (Lipinski definition) is 3. The van der Waals surface area contributed by atoms with Crippen molar-refractivity contribution in [3.05, 3.63) is 23.7 Å². The zero-order chi connectivity index (χ0) is 13.1. The van der Waals surface area contributed by atoms with Crippen molar-refractivity contribution in [2.45, 2.75) is 58.2 Å². The van der Waals surface area contributed by atoms with Crippen LogP contribution in [0, 0.1) is 5.92 Å². The van der Waals surface area contributed by atoms with Crippen LogP contribution in [0.25, 0.3) is 0 Å². The van der Waals surface area contributed by atoms with Crippen LogP contribution in [0.1, 0.15) is 50.5 Å². The summed E-state index contributed by atoms with van der Waals surface area (Å²) < 4.78 is 5.93. The molecule has 1 saturated carbocycles. The van der Waals surface area contributed by atoms with Crippen LogP contribution < -0.4 is 5.32 Å². The van der Waals surface area contributed by atoms with Crippen molar-refractivity contribution in [2.24, 2.45) is 5.92 Å². The molecule has 0 amide bonds. The highest BCUT2D eigenvalue weighted by Crippen LogP contribution is 2.37. The van der Waals surface area contributed by atoms with Crippen molar-refractivity contribution in [3.63, 3.8) is 0 Å². The molecular formula is C16H26N2O. The van der Waals surface area contributed by atoms with E-state index in [4.69, 9.17) is 4.42 Å². The van der Waals surface area contributed by atoms with Gasteiger partial charge in [-0.3, -0.25) is 4.90 Å². The molecule has 0 aromatic carbocycles. The number of piperidine rings is 1. The number of nitrogens with zero attached hydrogens (tertiary/aromatic N) is 1. The normalized spacial score (nSPS) is 27.6. The van der Waals surface area contributed by atoms with Crippen molar-refractivity contribution in [2.75, 3.05) is 13.1 Å². The fraction of sp³-hybridized carbons (Fsp3) is 0.750. The van der Waals surface area contributed by atoms with Gasteiger partial charge in [-0.25, -0.2) is 0 Å². The molecule has 0 spiro atoms. The predicted molar refractivity (Wildman–Crippen MR) is 76.9 cm³/mol. The van der Waals surface area contributed by atoms with E-state index in [0.29, 0.717) is 0 Å². The van der Waals surface area contributed by atoms with E-state index in [9.17, 15) is 0 Å². The summed E-state index contributed by atoms with van der Waals surface area (Å²) in [5.41, 5.74) is 0. The fourth-order valence-corrected chi connectivity index (χ4v) is 3.80. The highest BCUT2D eigenvalue weighted by Gasteiger charge is 2.35. The van der Waals surface area contributed by atoms with Gasteiger partial charge in [0.05, 0.1) is 13.1 Å². The second-order valence-electron chi connectivity index (χ2n) is 6.02. The van der Waals surface area contributed by atoms with Gasteiger partial charge in [0.15, 0.2) is 0 Å². The maximum atomic E-state index is 5.93. The van der Waals surface area contributed by atoms with Gasteiger partial charge in [-0.1, -0.05) is 13.3 Å². The number of likely N-dealkylation sites (tertiary alicyclic amines) is 1. The molecule has 3 nitrogen and oxygen atoms in total.